The predicted octanol–water partition coefficient (Wildman–Crippen LogP) is 2.62. The number of phenols is 1. The molecule has 0 heterocycles. The summed E-state index contributed by atoms with van der Waals surface area (Å²) < 4.78 is 24.5. The Morgan fingerprint density at radius 2 is 1.92 bits per heavy atom. The Morgan fingerprint density at radius 1 is 1.31 bits per heavy atom. The fraction of sp³-hybridized carbons (Fsp3) is 0.222. The first-order valence-electron chi connectivity index (χ1n) is 3.59. The van der Waals surface area contributed by atoms with Crippen LogP contribution >= 0.6 is 0 Å². The normalized spacial score (nSPS) is 12.5. The van der Waals surface area contributed by atoms with Crippen LogP contribution in [0.4, 0.5) is 8.78 Å². The van der Waals surface area contributed by atoms with Gasteiger partial charge in [0.2, 0.25) is 0 Å². The van der Waals surface area contributed by atoms with Crippen LogP contribution in [0, 0.1) is 6.57 Å². The van der Waals surface area contributed by atoms with Gasteiger partial charge < -0.3 is 9.95 Å². The minimum Gasteiger partial charge on any atom is -0.507 e. The topological polar surface area (TPSA) is 24.6 Å². The molecule has 0 amide bonds. The summed E-state index contributed by atoms with van der Waals surface area (Å²) in [5.74, 6) is -0.260. The number of benzene rings is 1. The third-order valence-electron chi connectivity index (χ3n) is 1.63. The number of halogens is 2. The van der Waals surface area contributed by atoms with E-state index >= 15 is 0 Å². The van der Waals surface area contributed by atoms with E-state index in [0.29, 0.717) is 0 Å². The minimum absolute atomic E-state index is 0.0208. The molecular weight excluding hydrogens is 176 g/mol. The molecule has 0 saturated carbocycles. The third-order valence-corrected chi connectivity index (χ3v) is 1.63. The van der Waals surface area contributed by atoms with E-state index in [-0.39, 0.29) is 11.3 Å². The lowest BCUT2D eigenvalue weighted by Crippen LogP contribution is -2.04. The van der Waals surface area contributed by atoms with Gasteiger partial charge in [-0.25, -0.2) is 15.4 Å². The Labute approximate surface area is 74.3 Å². The second-order valence-corrected chi connectivity index (χ2v) is 2.47. The zero-order chi connectivity index (χ0) is 9.84. The summed E-state index contributed by atoms with van der Waals surface area (Å²) in [7, 11) is 0. The highest BCUT2D eigenvalue weighted by molar-refractivity contribution is 5.36. The van der Waals surface area contributed by atoms with Crippen molar-refractivity contribution >= 4 is 0 Å². The molecule has 68 valence electrons. The maximum atomic E-state index is 12.2. The molecule has 1 aromatic rings. The predicted molar refractivity (Wildman–Crippen MR) is 43.5 cm³/mol. The van der Waals surface area contributed by atoms with E-state index in [0.717, 1.165) is 0 Å². The summed E-state index contributed by atoms with van der Waals surface area (Å²) in [4.78, 5) is 2.76. The minimum atomic E-state index is -2.77. The Bertz CT molecular complexity index is 333. The number of alkyl halides is 2. The first-order chi connectivity index (χ1) is 6.16. The largest absolute Gasteiger partial charge is 0.507 e. The van der Waals surface area contributed by atoms with Gasteiger partial charge in [-0.2, -0.15) is 0 Å². The average molecular weight is 183 g/mol. The van der Waals surface area contributed by atoms with Gasteiger partial charge in [0.25, 0.3) is 0 Å². The van der Waals surface area contributed by atoms with Crippen LogP contribution in [-0.2, 0) is 0 Å². The number of hydrogen-bond acceptors (Lipinski definition) is 1. The molecule has 1 rings (SSSR count). The van der Waals surface area contributed by atoms with E-state index in [9.17, 15) is 13.9 Å². The smallest absolute Gasteiger partial charge is 0.316 e. The molecule has 13 heavy (non-hydrogen) atoms. The van der Waals surface area contributed by atoms with Crippen molar-refractivity contribution < 1.29 is 13.9 Å². The van der Waals surface area contributed by atoms with Gasteiger partial charge in [-0.3, -0.25) is 0 Å². The van der Waals surface area contributed by atoms with Crippen LogP contribution in [0.15, 0.2) is 24.3 Å². The van der Waals surface area contributed by atoms with Crippen molar-refractivity contribution in [3.05, 3.63) is 41.2 Å². The Hall–Kier alpha value is -1.63. The van der Waals surface area contributed by atoms with E-state index in [4.69, 9.17) is 6.57 Å². The summed E-state index contributed by atoms with van der Waals surface area (Å²) in [6, 6.07) is 4.07. The molecule has 0 spiro atoms. The number of aromatic hydroxyl groups is 1. The Kier molecular flexibility index (Phi) is 2.80. The van der Waals surface area contributed by atoms with E-state index in [1.807, 2.05) is 0 Å². The molecular formula is C9H7F2NO. The summed E-state index contributed by atoms with van der Waals surface area (Å²) >= 11 is 0. The SMILES string of the molecule is [C-]#[N+]C(c1ccccc1O)C(F)F. The molecule has 1 aromatic carbocycles. The molecule has 0 bridgehead atoms. The van der Waals surface area contributed by atoms with E-state index in [2.05, 4.69) is 4.85 Å². The maximum Gasteiger partial charge on any atom is 0.316 e. The lowest BCUT2D eigenvalue weighted by molar-refractivity contribution is 0.129. The first kappa shape index (κ1) is 9.46. The van der Waals surface area contributed by atoms with Gasteiger partial charge in [0, 0.05) is 0 Å². The van der Waals surface area contributed by atoms with Crippen molar-refractivity contribution in [1.82, 2.24) is 0 Å². The van der Waals surface area contributed by atoms with Crippen LogP contribution in [0.25, 0.3) is 4.85 Å². The summed E-state index contributed by atoms with van der Waals surface area (Å²) in [6.07, 6.45) is -2.77. The molecule has 0 aromatic heterocycles. The second kappa shape index (κ2) is 3.85. The van der Waals surface area contributed by atoms with E-state index in [1.54, 1.807) is 0 Å². The molecule has 4 heteroatoms. The molecule has 0 aliphatic heterocycles. The monoisotopic (exact) mass is 183 g/mol. The summed E-state index contributed by atoms with van der Waals surface area (Å²) in [5, 5.41) is 9.18. The number of nitrogens with zero attached hydrogens (tertiary/aromatic N) is 1. The maximum absolute atomic E-state index is 12.2. The van der Waals surface area contributed by atoms with Crippen LogP contribution in [-0.4, -0.2) is 11.5 Å². The standard InChI is InChI=1S/C9H7F2NO/c1-12-8(9(10)11)6-4-2-3-5-7(6)13/h2-5,8-9,13H. The van der Waals surface area contributed by atoms with Crippen LogP contribution < -0.4 is 0 Å². The van der Waals surface area contributed by atoms with Gasteiger partial charge in [0.15, 0.2) is 0 Å². The van der Waals surface area contributed by atoms with Crippen LogP contribution in [0.3, 0.4) is 0 Å². The van der Waals surface area contributed by atoms with Gasteiger partial charge in [-0.15, -0.1) is 0 Å². The van der Waals surface area contributed by atoms with E-state index < -0.39 is 12.5 Å². The lowest BCUT2D eigenvalue weighted by Gasteiger charge is -2.05. The zero-order valence-electron chi connectivity index (χ0n) is 6.61. The van der Waals surface area contributed by atoms with Crippen LogP contribution in [0.5, 0.6) is 5.75 Å². The molecule has 1 unspecified atom stereocenters. The highest BCUT2D eigenvalue weighted by Crippen LogP contribution is 2.30. The fourth-order valence-electron chi connectivity index (χ4n) is 0.999. The van der Waals surface area contributed by atoms with Crippen LogP contribution in [0.1, 0.15) is 11.6 Å². The number of rotatable bonds is 2. The highest BCUT2D eigenvalue weighted by atomic mass is 19.3. The van der Waals surface area contributed by atoms with Crippen molar-refractivity contribution in [1.29, 1.82) is 0 Å². The summed E-state index contributed by atoms with van der Waals surface area (Å²) in [6.45, 7) is 6.56. The van der Waals surface area contributed by atoms with Crippen molar-refractivity contribution in [2.75, 3.05) is 0 Å². The average Bonchev–Trinajstić information content (AvgIpc) is 2.09. The highest BCUT2D eigenvalue weighted by Gasteiger charge is 2.29. The molecule has 0 fully saturated rings. The Morgan fingerprint density at radius 3 is 2.38 bits per heavy atom. The van der Waals surface area contributed by atoms with Crippen molar-refractivity contribution in [3.63, 3.8) is 0 Å². The van der Waals surface area contributed by atoms with Crippen LogP contribution in [0.2, 0.25) is 0 Å². The fourth-order valence-corrected chi connectivity index (χ4v) is 0.999. The zero-order valence-corrected chi connectivity index (χ0v) is 6.61. The quantitative estimate of drug-likeness (QED) is 0.700. The number of hydrogen-bond donors (Lipinski definition) is 1. The van der Waals surface area contributed by atoms with Gasteiger partial charge in [0.05, 0.1) is 5.56 Å². The molecule has 0 saturated heterocycles. The lowest BCUT2D eigenvalue weighted by atomic mass is 10.1. The number of phenolic OH excluding ortho intramolecular Hbond substituents is 1. The molecule has 0 aliphatic carbocycles. The van der Waals surface area contributed by atoms with Crippen molar-refractivity contribution in [2.24, 2.45) is 0 Å². The second-order valence-electron chi connectivity index (χ2n) is 2.47. The molecule has 0 radical (unpaired) electrons. The Balaban J connectivity index is 3.07. The third kappa shape index (κ3) is 1.94. The van der Waals surface area contributed by atoms with Gasteiger partial charge in [-0.05, 0) is 12.1 Å². The van der Waals surface area contributed by atoms with Crippen molar-refractivity contribution in [2.45, 2.75) is 12.5 Å². The van der Waals surface area contributed by atoms with E-state index in [1.165, 1.54) is 24.3 Å². The first-order valence-corrected chi connectivity index (χ1v) is 3.59. The number of para-hydroxylation sites is 1. The summed E-state index contributed by atoms with van der Waals surface area (Å²) in [5.41, 5.74) is -0.0208. The molecule has 1 N–H and O–H groups in total. The van der Waals surface area contributed by atoms with Gasteiger partial charge in [-0.1, -0.05) is 12.1 Å². The van der Waals surface area contributed by atoms with Crippen molar-refractivity contribution in [3.8, 4) is 5.75 Å². The molecule has 0 aliphatic rings. The molecule has 2 nitrogen and oxygen atoms in total. The van der Waals surface area contributed by atoms with Gasteiger partial charge in [0.1, 0.15) is 5.75 Å². The van der Waals surface area contributed by atoms with Gasteiger partial charge >= 0.3 is 12.5 Å². The molecule has 1 atom stereocenters.